The van der Waals surface area contributed by atoms with Gasteiger partial charge in [0.05, 0.1) is 11.1 Å². The van der Waals surface area contributed by atoms with E-state index in [9.17, 15) is 19.2 Å². The van der Waals surface area contributed by atoms with Crippen LogP contribution in [0.15, 0.2) is 42.5 Å². The predicted molar refractivity (Wildman–Crippen MR) is 98.6 cm³/mol. The van der Waals surface area contributed by atoms with Crippen molar-refractivity contribution in [3.63, 3.8) is 0 Å². The van der Waals surface area contributed by atoms with Crippen molar-refractivity contribution in [3.8, 4) is 5.75 Å². The fourth-order valence-electron chi connectivity index (χ4n) is 3.53. The summed E-state index contributed by atoms with van der Waals surface area (Å²) in [5.74, 6) is -1.85. The van der Waals surface area contributed by atoms with Crippen LogP contribution in [0.3, 0.4) is 0 Å². The maximum atomic E-state index is 13.0. The molecule has 2 aromatic rings. The molecule has 0 aromatic heterocycles. The Labute approximate surface area is 161 Å². The van der Waals surface area contributed by atoms with Crippen molar-refractivity contribution >= 4 is 23.6 Å². The molecule has 0 bridgehead atoms. The summed E-state index contributed by atoms with van der Waals surface area (Å²) >= 11 is 0. The zero-order valence-electron chi connectivity index (χ0n) is 15.2. The monoisotopic (exact) mass is 378 g/mol. The average Bonchev–Trinajstić information content (AvgIpc) is 2.93. The van der Waals surface area contributed by atoms with Crippen LogP contribution < -0.4 is 10.1 Å². The van der Waals surface area contributed by atoms with Gasteiger partial charge in [0.15, 0.2) is 0 Å². The van der Waals surface area contributed by atoms with Crippen molar-refractivity contribution in [3.05, 3.63) is 64.7 Å². The fourth-order valence-corrected chi connectivity index (χ4v) is 3.53. The van der Waals surface area contributed by atoms with Gasteiger partial charge in [-0.05, 0) is 36.6 Å². The maximum Gasteiger partial charge on any atom is 0.266 e. The number of nitrogens with one attached hydrogen (secondary N) is 1. The fraction of sp³-hybridized carbons (Fsp3) is 0.238. The molecule has 28 heavy (non-hydrogen) atoms. The minimum Gasteiger partial charge on any atom is -0.488 e. The standard InChI is InChI=1S/C21H18N2O5/c1-12-5-2-3-6-13(12)11-28-16-8-4-7-14-18(16)21(27)23(20(14)26)15-9-10-17(24)22-19(15)25/h2-8,15H,9-11H2,1H3,(H,22,24,25). The Balaban J connectivity index is 1.62. The van der Waals surface area contributed by atoms with Crippen LogP contribution in [0, 0.1) is 6.92 Å². The van der Waals surface area contributed by atoms with E-state index < -0.39 is 29.7 Å². The zero-order chi connectivity index (χ0) is 19.8. The lowest BCUT2D eigenvalue weighted by Crippen LogP contribution is -2.54. The van der Waals surface area contributed by atoms with Crippen LogP contribution in [0.5, 0.6) is 5.75 Å². The number of aryl methyl sites for hydroxylation is 1. The molecule has 1 N–H and O–H groups in total. The van der Waals surface area contributed by atoms with Crippen molar-refractivity contribution < 1.29 is 23.9 Å². The summed E-state index contributed by atoms with van der Waals surface area (Å²) in [6.07, 6.45) is 0.204. The van der Waals surface area contributed by atoms with Crippen LogP contribution in [-0.2, 0) is 16.2 Å². The summed E-state index contributed by atoms with van der Waals surface area (Å²) in [5.41, 5.74) is 2.39. The molecule has 0 saturated carbocycles. The lowest BCUT2D eigenvalue weighted by atomic mass is 10.0. The van der Waals surface area contributed by atoms with E-state index in [1.165, 1.54) is 0 Å². The lowest BCUT2D eigenvalue weighted by molar-refractivity contribution is -0.136. The number of hydrogen-bond acceptors (Lipinski definition) is 5. The van der Waals surface area contributed by atoms with Gasteiger partial charge in [-0.15, -0.1) is 0 Å². The second-order valence-corrected chi connectivity index (χ2v) is 6.84. The minimum atomic E-state index is -0.991. The Morgan fingerprint density at radius 2 is 1.82 bits per heavy atom. The summed E-state index contributed by atoms with van der Waals surface area (Å²) in [6, 6.07) is 11.6. The van der Waals surface area contributed by atoms with Gasteiger partial charge in [-0.25, -0.2) is 0 Å². The van der Waals surface area contributed by atoms with Gasteiger partial charge in [0, 0.05) is 6.42 Å². The first-order valence-corrected chi connectivity index (χ1v) is 8.99. The second-order valence-electron chi connectivity index (χ2n) is 6.84. The number of carbonyl (C=O) groups is 4. The first kappa shape index (κ1) is 17.9. The van der Waals surface area contributed by atoms with Gasteiger partial charge < -0.3 is 4.74 Å². The summed E-state index contributed by atoms with van der Waals surface area (Å²) < 4.78 is 5.86. The molecule has 2 aromatic carbocycles. The molecule has 2 aliphatic heterocycles. The topological polar surface area (TPSA) is 92.8 Å². The molecule has 0 aliphatic carbocycles. The number of amides is 4. The molecule has 0 radical (unpaired) electrons. The average molecular weight is 378 g/mol. The van der Waals surface area contributed by atoms with Crippen LogP contribution in [-0.4, -0.2) is 34.6 Å². The number of nitrogens with zero attached hydrogens (tertiary/aromatic N) is 1. The molecular formula is C21H18N2O5. The van der Waals surface area contributed by atoms with Gasteiger partial charge in [-0.1, -0.05) is 30.3 Å². The minimum absolute atomic E-state index is 0.0838. The van der Waals surface area contributed by atoms with Gasteiger partial charge in [0.1, 0.15) is 18.4 Å². The lowest BCUT2D eigenvalue weighted by Gasteiger charge is -2.27. The third-order valence-corrected chi connectivity index (χ3v) is 5.07. The van der Waals surface area contributed by atoms with Gasteiger partial charge in [-0.3, -0.25) is 29.4 Å². The maximum absolute atomic E-state index is 13.0. The summed E-state index contributed by atoms with van der Waals surface area (Å²) in [7, 11) is 0. The van der Waals surface area contributed by atoms with E-state index in [1.54, 1.807) is 18.2 Å². The molecule has 0 spiro atoms. The number of rotatable bonds is 4. The number of hydrogen-bond donors (Lipinski definition) is 1. The highest BCUT2D eigenvalue weighted by molar-refractivity contribution is 6.24. The van der Waals surface area contributed by atoms with Gasteiger partial charge in [0.25, 0.3) is 11.8 Å². The van der Waals surface area contributed by atoms with Crippen LogP contribution in [0.25, 0.3) is 0 Å². The molecule has 1 unspecified atom stereocenters. The van der Waals surface area contributed by atoms with E-state index in [0.29, 0.717) is 5.75 Å². The Bertz CT molecular complexity index is 1010. The van der Waals surface area contributed by atoms with Gasteiger partial charge in [0.2, 0.25) is 11.8 Å². The molecule has 1 atom stereocenters. The molecule has 2 aliphatic rings. The molecule has 7 heteroatoms. The molecule has 4 amide bonds. The smallest absolute Gasteiger partial charge is 0.266 e. The second kappa shape index (κ2) is 6.92. The Kier molecular flexibility index (Phi) is 4.43. The summed E-state index contributed by atoms with van der Waals surface area (Å²) in [5, 5.41) is 2.19. The predicted octanol–water partition coefficient (Wildman–Crippen LogP) is 1.98. The number of imide groups is 2. The van der Waals surface area contributed by atoms with Gasteiger partial charge in [-0.2, -0.15) is 0 Å². The highest BCUT2D eigenvalue weighted by atomic mass is 16.5. The SMILES string of the molecule is Cc1ccccc1COc1cccc2c1C(=O)N(C1CCC(=O)NC1=O)C2=O. The van der Waals surface area contributed by atoms with Crippen molar-refractivity contribution in [1.82, 2.24) is 10.2 Å². The van der Waals surface area contributed by atoms with E-state index in [0.717, 1.165) is 16.0 Å². The highest BCUT2D eigenvalue weighted by Gasteiger charge is 2.45. The zero-order valence-corrected chi connectivity index (χ0v) is 15.2. The number of benzene rings is 2. The van der Waals surface area contributed by atoms with Crippen LogP contribution in [0.4, 0.5) is 0 Å². The number of fused-ring (bicyclic) bond motifs is 1. The van der Waals surface area contributed by atoms with Crippen LogP contribution >= 0.6 is 0 Å². The summed E-state index contributed by atoms with van der Waals surface area (Å²) in [6.45, 7) is 2.22. The normalized spacial score (nSPS) is 18.9. The van der Waals surface area contributed by atoms with E-state index in [-0.39, 0.29) is 30.6 Å². The molecule has 2 heterocycles. The third-order valence-electron chi connectivity index (χ3n) is 5.07. The van der Waals surface area contributed by atoms with E-state index in [1.807, 2.05) is 31.2 Å². The number of ether oxygens (including phenoxy) is 1. The summed E-state index contributed by atoms with van der Waals surface area (Å²) in [4.78, 5) is 50.3. The van der Waals surface area contributed by atoms with E-state index in [2.05, 4.69) is 5.32 Å². The number of piperidine rings is 1. The van der Waals surface area contributed by atoms with Crippen molar-refractivity contribution in [1.29, 1.82) is 0 Å². The molecule has 142 valence electrons. The quantitative estimate of drug-likeness (QED) is 0.821. The molecule has 1 fully saturated rings. The first-order chi connectivity index (χ1) is 13.5. The van der Waals surface area contributed by atoms with Crippen molar-refractivity contribution in [2.45, 2.75) is 32.4 Å². The van der Waals surface area contributed by atoms with Crippen molar-refractivity contribution in [2.24, 2.45) is 0 Å². The Morgan fingerprint density at radius 1 is 1.04 bits per heavy atom. The van der Waals surface area contributed by atoms with E-state index in [4.69, 9.17) is 4.74 Å². The molecule has 7 nitrogen and oxygen atoms in total. The molecular weight excluding hydrogens is 360 g/mol. The highest BCUT2D eigenvalue weighted by Crippen LogP contribution is 2.34. The largest absolute Gasteiger partial charge is 0.488 e. The molecule has 4 rings (SSSR count). The van der Waals surface area contributed by atoms with Gasteiger partial charge >= 0.3 is 0 Å². The van der Waals surface area contributed by atoms with Crippen LogP contribution in [0.1, 0.15) is 44.7 Å². The first-order valence-electron chi connectivity index (χ1n) is 8.99. The Hall–Kier alpha value is -3.48. The Morgan fingerprint density at radius 3 is 2.57 bits per heavy atom. The molecule has 1 saturated heterocycles. The van der Waals surface area contributed by atoms with E-state index >= 15 is 0 Å². The van der Waals surface area contributed by atoms with Crippen molar-refractivity contribution in [2.75, 3.05) is 0 Å². The van der Waals surface area contributed by atoms with Crippen LogP contribution in [0.2, 0.25) is 0 Å². The number of carbonyl (C=O) groups excluding carboxylic acids is 4. The third kappa shape index (κ3) is 2.94.